The number of hydrogen-bond acceptors (Lipinski definition) is 7. The molecule has 7 rings (SSSR count). The van der Waals surface area contributed by atoms with Crippen LogP contribution in [0.5, 0.6) is 0 Å². The summed E-state index contributed by atoms with van der Waals surface area (Å²) in [4.78, 5) is 12.4. The Labute approximate surface area is 227 Å². The second-order valence-electron chi connectivity index (χ2n) is 10.5. The highest BCUT2D eigenvalue weighted by atomic mass is 16.5. The first-order chi connectivity index (χ1) is 19.2. The zero-order valence-corrected chi connectivity index (χ0v) is 22.5. The molecule has 2 aliphatic rings. The van der Waals surface area contributed by atoms with Crippen molar-refractivity contribution >= 4 is 27.8 Å². The zero-order chi connectivity index (χ0) is 26.3. The molecule has 0 aliphatic carbocycles. The van der Waals surface area contributed by atoms with E-state index in [1.54, 1.807) is 0 Å². The molecule has 0 spiro atoms. The van der Waals surface area contributed by atoms with Gasteiger partial charge in [0.15, 0.2) is 5.82 Å². The summed E-state index contributed by atoms with van der Waals surface area (Å²) in [5, 5.41) is 9.69. The minimum Gasteiger partial charge on any atom is -0.381 e. The number of anilines is 1. The third-order valence-corrected chi connectivity index (χ3v) is 8.24. The van der Waals surface area contributed by atoms with Gasteiger partial charge >= 0.3 is 0 Å². The summed E-state index contributed by atoms with van der Waals surface area (Å²) < 4.78 is 15.9. The molecular weight excluding hydrogens is 490 g/mol. The molecule has 9 nitrogen and oxygen atoms in total. The second kappa shape index (κ2) is 10.1. The molecule has 0 saturated carbocycles. The largest absolute Gasteiger partial charge is 0.381 e. The van der Waals surface area contributed by atoms with Crippen molar-refractivity contribution < 1.29 is 9.47 Å². The Hall–Kier alpha value is -3.82. The van der Waals surface area contributed by atoms with E-state index in [9.17, 15) is 0 Å². The van der Waals surface area contributed by atoms with Crippen LogP contribution in [0.25, 0.3) is 33.2 Å². The third kappa shape index (κ3) is 4.17. The molecule has 0 N–H and O–H groups in total. The first kappa shape index (κ1) is 24.2. The molecule has 1 atom stereocenters. The average Bonchev–Trinajstić information content (AvgIpc) is 3.50. The maximum absolute atomic E-state index is 5.82. The van der Waals surface area contributed by atoms with Crippen LogP contribution in [0.1, 0.15) is 30.1 Å². The number of nitrogens with zero attached hydrogens (tertiary/aromatic N) is 7. The molecule has 1 unspecified atom stereocenters. The SMILES string of the molecule is Cc1nnn(C)c1-c1cnc2c3ccnc(N4CCOCC4)c3n(C(c3ccccc3)C3CCOCC3)c2c1. The van der Waals surface area contributed by atoms with Gasteiger partial charge in [0, 0.05) is 56.7 Å². The van der Waals surface area contributed by atoms with Crippen LogP contribution in [0.15, 0.2) is 54.9 Å². The average molecular weight is 524 g/mol. The number of hydrogen-bond donors (Lipinski definition) is 0. The highest BCUT2D eigenvalue weighted by molar-refractivity contribution is 6.10. The lowest BCUT2D eigenvalue weighted by atomic mass is 9.86. The summed E-state index contributed by atoms with van der Waals surface area (Å²) >= 11 is 0. The lowest BCUT2D eigenvalue weighted by molar-refractivity contribution is 0.0552. The van der Waals surface area contributed by atoms with Crippen molar-refractivity contribution in [1.82, 2.24) is 29.5 Å². The lowest BCUT2D eigenvalue weighted by Crippen LogP contribution is -2.37. The minimum absolute atomic E-state index is 0.113. The molecule has 2 aliphatic heterocycles. The van der Waals surface area contributed by atoms with Gasteiger partial charge in [-0.2, -0.15) is 0 Å². The summed E-state index contributed by atoms with van der Waals surface area (Å²) in [6.07, 6.45) is 5.89. The summed E-state index contributed by atoms with van der Waals surface area (Å²) in [6.45, 7) is 6.60. The number of aromatic nitrogens is 6. The summed E-state index contributed by atoms with van der Waals surface area (Å²) in [5.41, 5.74) is 7.41. The van der Waals surface area contributed by atoms with Gasteiger partial charge in [-0.3, -0.25) is 4.98 Å². The molecule has 2 fully saturated rings. The third-order valence-electron chi connectivity index (χ3n) is 8.24. The number of rotatable bonds is 5. The van der Waals surface area contributed by atoms with Gasteiger partial charge in [-0.15, -0.1) is 5.10 Å². The Morgan fingerprint density at radius 3 is 2.46 bits per heavy atom. The molecule has 0 bridgehead atoms. The van der Waals surface area contributed by atoms with Crippen LogP contribution in [0.3, 0.4) is 0 Å². The fourth-order valence-corrected chi connectivity index (χ4v) is 6.43. The molecule has 0 amide bonds. The normalized spacial score (nSPS) is 17.7. The Bertz CT molecular complexity index is 1600. The maximum Gasteiger partial charge on any atom is 0.153 e. The zero-order valence-electron chi connectivity index (χ0n) is 22.5. The highest BCUT2D eigenvalue weighted by Crippen LogP contribution is 2.43. The van der Waals surface area contributed by atoms with Crippen LogP contribution in [0.2, 0.25) is 0 Å². The minimum atomic E-state index is 0.113. The van der Waals surface area contributed by atoms with Crippen molar-refractivity contribution in [2.75, 3.05) is 44.4 Å². The van der Waals surface area contributed by atoms with Crippen LogP contribution in [0.4, 0.5) is 5.82 Å². The van der Waals surface area contributed by atoms with Crippen molar-refractivity contribution in [3.63, 3.8) is 0 Å². The maximum atomic E-state index is 5.82. The fourth-order valence-electron chi connectivity index (χ4n) is 6.43. The molecule has 9 heteroatoms. The monoisotopic (exact) mass is 523 g/mol. The number of benzene rings is 1. The number of aryl methyl sites for hydroxylation is 2. The van der Waals surface area contributed by atoms with Crippen molar-refractivity contribution in [1.29, 1.82) is 0 Å². The highest BCUT2D eigenvalue weighted by Gasteiger charge is 2.32. The van der Waals surface area contributed by atoms with E-state index in [0.29, 0.717) is 19.1 Å². The van der Waals surface area contributed by atoms with E-state index in [1.165, 1.54) is 5.56 Å². The lowest BCUT2D eigenvalue weighted by Gasteiger charge is -2.34. The second-order valence-corrected chi connectivity index (χ2v) is 10.5. The number of ether oxygens (including phenoxy) is 2. The van der Waals surface area contributed by atoms with Crippen LogP contribution in [-0.4, -0.2) is 69.0 Å². The Morgan fingerprint density at radius 1 is 0.949 bits per heavy atom. The van der Waals surface area contributed by atoms with E-state index in [4.69, 9.17) is 19.4 Å². The summed E-state index contributed by atoms with van der Waals surface area (Å²) in [6, 6.07) is 15.4. The first-order valence-electron chi connectivity index (χ1n) is 13.8. The van der Waals surface area contributed by atoms with Gasteiger partial charge in [0.1, 0.15) is 0 Å². The van der Waals surface area contributed by atoms with E-state index in [2.05, 4.69) is 62.2 Å². The number of pyridine rings is 2. The van der Waals surface area contributed by atoms with E-state index < -0.39 is 0 Å². The van der Waals surface area contributed by atoms with E-state index in [1.807, 2.05) is 31.0 Å². The predicted octanol–water partition coefficient (Wildman–Crippen LogP) is 4.54. The Morgan fingerprint density at radius 2 is 1.72 bits per heavy atom. The van der Waals surface area contributed by atoms with Gasteiger partial charge in [-0.1, -0.05) is 35.5 Å². The summed E-state index contributed by atoms with van der Waals surface area (Å²) in [7, 11) is 1.93. The van der Waals surface area contributed by atoms with E-state index in [-0.39, 0.29) is 6.04 Å². The first-order valence-corrected chi connectivity index (χ1v) is 13.8. The molecule has 5 aromatic rings. The smallest absolute Gasteiger partial charge is 0.153 e. The van der Waals surface area contributed by atoms with Gasteiger partial charge in [-0.05, 0) is 43.4 Å². The Balaban J connectivity index is 1.55. The van der Waals surface area contributed by atoms with Crippen molar-refractivity contribution in [3.05, 3.63) is 66.1 Å². The molecule has 200 valence electrons. The van der Waals surface area contributed by atoms with Crippen molar-refractivity contribution in [2.24, 2.45) is 13.0 Å². The number of fused-ring (bicyclic) bond motifs is 3. The molecule has 2 saturated heterocycles. The van der Waals surface area contributed by atoms with Crippen molar-refractivity contribution in [3.8, 4) is 11.3 Å². The topological polar surface area (TPSA) is 83.1 Å². The van der Waals surface area contributed by atoms with Crippen LogP contribution in [0, 0.1) is 12.8 Å². The fraction of sp³-hybridized carbons (Fsp3) is 0.400. The van der Waals surface area contributed by atoms with Crippen molar-refractivity contribution in [2.45, 2.75) is 25.8 Å². The molecule has 0 radical (unpaired) electrons. The molecule has 39 heavy (non-hydrogen) atoms. The van der Waals surface area contributed by atoms with Gasteiger partial charge in [-0.25, -0.2) is 9.67 Å². The Kier molecular flexibility index (Phi) is 6.25. The van der Waals surface area contributed by atoms with E-state index >= 15 is 0 Å². The van der Waals surface area contributed by atoms with Crippen LogP contribution in [-0.2, 0) is 16.5 Å². The summed E-state index contributed by atoms with van der Waals surface area (Å²) in [5.74, 6) is 1.42. The standard InChI is InChI=1S/C30H33N7O2/c1-20-27(35(2)34-33-20)23-18-25-26(32-19-23)24-8-11-31-30(36-12-16-39-17-13-36)29(24)37(25)28(21-6-4-3-5-7-21)22-9-14-38-15-10-22/h3-8,11,18-19,22,28H,9-10,12-17H2,1-2H3. The molecule has 4 aromatic heterocycles. The van der Waals surface area contributed by atoms with Crippen LogP contribution >= 0.6 is 0 Å². The quantitative estimate of drug-likeness (QED) is 0.334. The van der Waals surface area contributed by atoms with Gasteiger partial charge < -0.3 is 18.9 Å². The van der Waals surface area contributed by atoms with Crippen LogP contribution < -0.4 is 4.90 Å². The van der Waals surface area contributed by atoms with Gasteiger partial charge in [0.05, 0.1) is 47.2 Å². The van der Waals surface area contributed by atoms with Gasteiger partial charge in [0.25, 0.3) is 0 Å². The van der Waals surface area contributed by atoms with Gasteiger partial charge in [0.2, 0.25) is 0 Å². The number of morpholine rings is 1. The molecular formula is C30H33N7O2. The molecule has 6 heterocycles. The molecule has 1 aromatic carbocycles. The predicted molar refractivity (Wildman–Crippen MR) is 151 cm³/mol. The van der Waals surface area contributed by atoms with E-state index in [0.717, 1.165) is 83.9 Å².